The largest absolute Gasteiger partial charge is 0.507 e. The fourth-order valence-electron chi connectivity index (χ4n) is 5.67. The highest BCUT2D eigenvalue weighted by molar-refractivity contribution is 5.92. The molecule has 2 saturated heterocycles. The van der Waals surface area contributed by atoms with Crippen LogP contribution in [0.4, 0.5) is 0 Å². The van der Waals surface area contributed by atoms with E-state index in [1.165, 1.54) is 6.42 Å². The molecule has 7 nitrogen and oxygen atoms in total. The number of phenols is 1. The van der Waals surface area contributed by atoms with Gasteiger partial charge in [-0.1, -0.05) is 20.3 Å². The number of carbonyl (C=O) groups excluding carboxylic acids is 2. The van der Waals surface area contributed by atoms with E-state index < -0.39 is 11.7 Å². The van der Waals surface area contributed by atoms with Gasteiger partial charge < -0.3 is 19.5 Å². The van der Waals surface area contributed by atoms with Crippen LogP contribution in [0.5, 0.6) is 11.5 Å². The second-order valence-electron chi connectivity index (χ2n) is 11.4. The molecule has 0 saturated carbocycles. The number of phenolic OH excluding ortho intramolecular Hbond substituents is 1. The third-order valence-electron chi connectivity index (χ3n) is 7.54. The monoisotopic (exact) mass is 498 g/mol. The van der Waals surface area contributed by atoms with Crippen molar-refractivity contribution >= 4 is 18.0 Å². The van der Waals surface area contributed by atoms with Crippen LogP contribution in [-0.2, 0) is 14.3 Å². The molecule has 3 aliphatic rings. The van der Waals surface area contributed by atoms with Crippen LogP contribution in [-0.4, -0.2) is 64.7 Å². The molecule has 1 N–H and O–H groups in total. The number of aromatic hydroxyl groups is 1. The molecule has 198 valence electrons. The van der Waals surface area contributed by atoms with Gasteiger partial charge in [0.05, 0.1) is 11.6 Å². The molecule has 0 aliphatic carbocycles. The molecule has 2 fully saturated rings. The Labute approximate surface area is 215 Å². The van der Waals surface area contributed by atoms with Gasteiger partial charge in [-0.15, -0.1) is 0 Å². The average Bonchev–Trinajstić information content (AvgIpc) is 2.84. The van der Waals surface area contributed by atoms with Crippen LogP contribution >= 0.6 is 0 Å². The van der Waals surface area contributed by atoms with Crippen molar-refractivity contribution in [1.29, 1.82) is 0 Å². The minimum atomic E-state index is -0.768. The molecule has 3 aliphatic heterocycles. The lowest BCUT2D eigenvalue weighted by Gasteiger charge is -2.48. The second kappa shape index (κ2) is 11.2. The van der Waals surface area contributed by atoms with Crippen molar-refractivity contribution in [3.05, 3.63) is 29.3 Å². The first-order valence-electron chi connectivity index (χ1n) is 13.6. The molecule has 36 heavy (non-hydrogen) atoms. The van der Waals surface area contributed by atoms with Crippen LogP contribution in [0.2, 0.25) is 0 Å². The third kappa shape index (κ3) is 5.88. The zero-order valence-electron chi connectivity index (χ0n) is 22.3. The normalized spacial score (nSPS) is 24.4. The Bertz CT molecular complexity index is 974. The smallest absolute Gasteiger partial charge is 0.306 e. The average molecular weight is 499 g/mol. The molecule has 2 atom stereocenters. The maximum atomic E-state index is 12.8. The fraction of sp³-hybridized carbons (Fsp3) is 0.655. The van der Waals surface area contributed by atoms with Gasteiger partial charge in [0.15, 0.2) is 6.10 Å². The van der Waals surface area contributed by atoms with E-state index in [-0.39, 0.29) is 29.6 Å². The van der Waals surface area contributed by atoms with Crippen molar-refractivity contribution < 1.29 is 24.2 Å². The molecule has 7 heteroatoms. The van der Waals surface area contributed by atoms with Crippen LogP contribution in [0.1, 0.15) is 89.8 Å². The molecule has 1 amide bonds. The Morgan fingerprint density at radius 2 is 1.72 bits per heavy atom. The van der Waals surface area contributed by atoms with Gasteiger partial charge in [-0.2, -0.15) is 0 Å². The first kappa shape index (κ1) is 26.5. The van der Waals surface area contributed by atoms with Crippen LogP contribution < -0.4 is 4.74 Å². The summed E-state index contributed by atoms with van der Waals surface area (Å²) >= 11 is 0. The Hall–Kier alpha value is -2.54. The summed E-state index contributed by atoms with van der Waals surface area (Å²) in [5.74, 6) is 0.598. The van der Waals surface area contributed by atoms with Gasteiger partial charge in [0.2, 0.25) is 5.91 Å². The lowest BCUT2D eigenvalue weighted by atomic mass is 9.83. The molecule has 0 aromatic heterocycles. The van der Waals surface area contributed by atoms with Crippen molar-refractivity contribution in [1.82, 2.24) is 9.80 Å². The van der Waals surface area contributed by atoms with Gasteiger partial charge >= 0.3 is 5.97 Å². The van der Waals surface area contributed by atoms with Crippen LogP contribution in [0, 0.1) is 5.92 Å². The molecular formula is C29H42N2O5. The van der Waals surface area contributed by atoms with Crippen molar-refractivity contribution in [2.24, 2.45) is 5.92 Å². The predicted octanol–water partition coefficient (Wildman–Crippen LogP) is 5.07. The van der Waals surface area contributed by atoms with Gasteiger partial charge in [-0.25, -0.2) is 0 Å². The zero-order chi connectivity index (χ0) is 25.9. The number of piperidine rings is 2. The second-order valence-corrected chi connectivity index (χ2v) is 11.4. The number of nitrogens with zero attached hydrogens (tertiary/aromatic N) is 2. The van der Waals surface area contributed by atoms with Crippen molar-refractivity contribution in [2.75, 3.05) is 26.2 Å². The molecule has 4 rings (SSSR count). The molecule has 1 aromatic carbocycles. The number of hydrogen-bond donors (Lipinski definition) is 1. The van der Waals surface area contributed by atoms with Crippen molar-refractivity contribution in [2.45, 2.75) is 90.4 Å². The highest BCUT2D eigenvalue weighted by atomic mass is 16.6. The van der Waals surface area contributed by atoms with E-state index in [1.807, 2.05) is 38.7 Å². The molecule has 0 bridgehead atoms. The summed E-state index contributed by atoms with van der Waals surface area (Å²) in [5, 5.41) is 11.5. The number of benzene rings is 1. The van der Waals surface area contributed by atoms with E-state index in [9.17, 15) is 14.7 Å². The number of rotatable bonds is 6. The SMILES string of the molecule is CC(C)CC(=O)OC1C(N2CCCCC2)c2c(ccc(/C=C/C(=O)N3CCCCC3)c2O)OC1(C)C. The van der Waals surface area contributed by atoms with Gasteiger partial charge in [0, 0.05) is 31.1 Å². The summed E-state index contributed by atoms with van der Waals surface area (Å²) < 4.78 is 12.5. The summed E-state index contributed by atoms with van der Waals surface area (Å²) in [7, 11) is 0. The molecule has 0 radical (unpaired) electrons. The lowest BCUT2D eigenvalue weighted by molar-refractivity contribution is -0.173. The predicted molar refractivity (Wildman–Crippen MR) is 140 cm³/mol. The van der Waals surface area contributed by atoms with Gasteiger partial charge in [-0.05, 0) is 83.2 Å². The minimum absolute atomic E-state index is 0.0303. The summed E-state index contributed by atoms with van der Waals surface area (Å²) in [6.45, 7) is 11.2. The first-order chi connectivity index (χ1) is 17.2. The van der Waals surface area contributed by atoms with Gasteiger partial charge in [0.1, 0.15) is 17.1 Å². The van der Waals surface area contributed by atoms with E-state index in [2.05, 4.69) is 4.90 Å². The summed E-state index contributed by atoms with van der Waals surface area (Å²) in [5.41, 5.74) is 0.443. The summed E-state index contributed by atoms with van der Waals surface area (Å²) in [6.07, 6.45) is 9.52. The number of fused-ring (bicyclic) bond motifs is 1. The number of amides is 1. The van der Waals surface area contributed by atoms with E-state index >= 15 is 0 Å². The van der Waals surface area contributed by atoms with Crippen LogP contribution in [0.15, 0.2) is 18.2 Å². The summed E-state index contributed by atoms with van der Waals surface area (Å²) in [6, 6.07) is 3.33. The third-order valence-corrected chi connectivity index (χ3v) is 7.54. The first-order valence-corrected chi connectivity index (χ1v) is 13.6. The molecule has 0 spiro atoms. The maximum absolute atomic E-state index is 12.8. The van der Waals surface area contributed by atoms with Crippen molar-refractivity contribution in [3.8, 4) is 11.5 Å². The topological polar surface area (TPSA) is 79.3 Å². The minimum Gasteiger partial charge on any atom is -0.507 e. The van der Waals surface area contributed by atoms with E-state index in [0.29, 0.717) is 23.3 Å². The standard InChI is InChI=1S/C29H42N2O5/c1-20(2)19-24(33)35-28-26(31-17-9-6-10-18-31)25-22(36-29(28,3)4)13-11-21(27(25)34)12-14-23(32)30-15-7-5-8-16-30/h11-14,20,26,28,34H,5-10,15-19H2,1-4H3/b14-12+. The molecule has 1 aromatic rings. The van der Waals surface area contributed by atoms with Crippen molar-refractivity contribution in [3.63, 3.8) is 0 Å². The number of esters is 1. The van der Waals surface area contributed by atoms with Gasteiger partial charge in [-0.3, -0.25) is 14.5 Å². The number of carbonyl (C=O) groups is 2. The Kier molecular flexibility index (Phi) is 8.28. The highest BCUT2D eigenvalue weighted by Crippen LogP contribution is 2.50. The van der Waals surface area contributed by atoms with Gasteiger partial charge in [0.25, 0.3) is 0 Å². The Morgan fingerprint density at radius 1 is 1.08 bits per heavy atom. The number of ether oxygens (including phenoxy) is 2. The fourth-order valence-corrected chi connectivity index (χ4v) is 5.67. The highest BCUT2D eigenvalue weighted by Gasteiger charge is 2.50. The Morgan fingerprint density at radius 3 is 2.36 bits per heavy atom. The van der Waals surface area contributed by atoms with Crippen LogP contribution in [0.25, 0.3) is 6.08 Å². The molecule has 2 unspecified atom stereocenters. The van der Waals surface area contributed by atoms with Crippen LogP contribution in [0.3, 0.4) is 0 Å². The number of likely N-dealkylation sites (tertiary alicyclic amines) is 2. The Balaban J connectivity index is 1.69. The van der Waals surface area contributed by atoms with E-state index in [1.54, 1.807) is 18.2 Å². The summed E-state index contributed by atoms with van der Waals surface area (Å²) in [4.78, 5) is 29.7. The van der Waals surface area contributed by atoms with E-state index in [4.69, 9.17) is 9.47 Å². The number of hydrogen-bond acceptors (Lipinski definition) is 6. The lowest BCUT2D eigenvalue weighted by Crippen LogP contribution is -2.56. The molecular weight excluding hydrogens is 456 g/mol. The zero-order valence-corrected chi connectivity index (χ0v) is 22.3. The molecule has 3 heterocycles. The quantitative estimate of drug-likeness (QED) is 0.436. The van der Waals surface area contributed by atoms with E-state index in [0.717, 1.165) is 58.3 Å². The maximum Gasteiger partial charge on any atom is 0.306 e.